The summed E-state index contributed by atoms with van der Waals surface area (Å²) in [6, 6.07) is 13.8. The highest BCUT2D eigenvalue weighted by Gasteiger charge is 2.23. The fraction of sp³-hybridized carbons (Fsp3) is 0.450. The van der Waals surface area contributed by atoms with E-state index in [1.54, 1.807) is 12.1 Å². The highest BCUT2D eigenvalue weighted by atomic mass is 32.2. The van der Waals surface area contributed by atoms with Gasteiger partial charge in [-0.1, -0.05) is 30.3 Å². The monoisotopic (exact) mass is 421 g/mol. The lowest BCUT2D eigenvalue weighted by atomic mass is 9.90. The molecule has 1 N–H and O–H groups in total. The summed E-state index contributed by atoms with van der Waals surface area (Å²) in [6.45, 7) is 1.86. The van der Waals surface area contributed by atoms with Crippen LogP contribution in [-0.2, 0) is 23.0 Å². The van der Waals surface area contributed by atoms with E-state index in [1.807, 2.05) is 11.0 Å². The summed E-state index contributed by atoms with van der Waals surface area (Å²) in [7, 11) is -0.395. The van der Waals surface area contributed by atoms with Crippen LogP contribution in [0.15, 0.2) is 46.7 Å². The van der Waals surface area contributed by atoms with Crippen LogP contribution < -0.4 is 5.32 Å². The fourth-order valence-electron chi connectivity index (χ4n) is 3.33. The van der Waals surface area contributed by atoms with Crippen molar-refractivity contribution in [2.75, 3.05) is 27.2 Å². The summed E-state index contributed by atoms with van der Waals surface area (Å²) in [5.41, 5.74) is 1.35. The average Bonchev–Trinajstić information content (AvgIpc) is 3.17. The maximum atomic E-state index is 12.4. The summed E-state index contributed by atoms with van der Waals surface area (Å²) < 4.78 is 25.8. The van der Waals surface area contributed by atoms with Crippen molar-refractivity contribution >= 4 is 27.4 Å². The molecule has 0 spiro atoms. The van der Waals surface area contributed by atoms with E-state index in [4.69, 9.17) is 0 Å². The van der Waals surface area contributed by atoms with Gasteiger partial charge in [-0.15, -0.1) is 11.3 Å². The van der Waals surface area contributed by atoms with Crippen LogP contribution in [0.1, 0.15) is 23.3 Å². The van der Waals surface area contributed by atoms with Gasteiger partial charge in [-0.2, -0.15) is 0 Å². The first-order chi connectivity index (χ1) is 13.4. The normalized spacial score (nSPS) is 15.8. The van der Waals surface area contributed by atoms with E-state index >= 15 is 0 Å². The molecular weight excluding hydrogens is 394 g/mol. The number of thiophene rings is 1. The maximum absolute atomic E-state index is 12.4. The molecule has 1 aliphatic heterocycles. The Bertz CT molecular complexity index is 886. The summed E-state index contributed by atoms with van der Waals surface area (Å²) in [6.07, 6.45) is 3.08. The highest BCUT2D eigenvalue weighted by Crippen LogP contribution is 2.24. The number of sulfonamides is 1. The number of carbonyl (C=O) groups is 1. The molecule has 6 nitrogen and oxygen atoms in total. The van der Waals surface area contributed by atoms with Crippen LogP contribution >= 0.6 is 11.3 Å². The first kappa shape index (κ1) is 20.8. The van der Waals surface area contributed by atoms with E-state index in [-0.39, 0.29) is 6.03 Å². The highest BCUT2D eigenvalue weighted by molar-refractivity contribution is 7.91. The third kappa shape index (κ3) is 5.12. The van der Waals surface area contributed by atoms with Crippen LogP contribution in [-0.4, -0.2) is 50.8 Å². The minimum Gasteiger partial charge on any atom is -0.333 e. The largest absolute Gasteiger partial charge is 0.333 e. The number of urea groups is 1. The Morgan fingerprint density at radius 2 is 1.82 bits per heavy atom. The lowest BCUT2D eigenvalue weighted by Gasteiger charge is -2.32. The molecule has 1 aromatic carbocycles. The minimum absolute atomic E-state index is 0.0800. The van der Waals surface area contributed by atoms with Crippen LogP contribution in [0.25, 0.3) is 0 Å². The van der Waals surface area contributed by atoms with Crippen molar-refractivity contribution < 1.29 is 13.2 Å². The van der Waals surface area contributed by atoms with E-state index in [2.05, 4.69) is 29.6 Å². The van der Waals surface area contributed by atoms with Gasteiger partial charge < -0.3 is 10.2 Å². The molecule has 1 aromatic heterocycles. The molecule has 0 radical (unpaired) electrons. The van der Waals surface area contributed by atoms with Crippen LogP contribution in [0.4, 0.5) is 4.79 Å². The molecule has 1 saturated heterocycles. The number of likely N-dealkylation sites (tertiary alicyclic amines) is 1. The molecule has 0 saturated carbocycles. The van der Waals surface area contributed by atoms with E-state index < -0.39 is 10.0 Å². The van der Waals surface area contributed by atoms with Gasteiger partial charge in [0, 0.05) is 32.1 Å². The van der Waals surface area contributed by atoms with Crippen molar-refractivity contribution in [2.45, 2.75) is 30.0 Å². The van der Waals surface area contributed by atoms with Gasteiger partial charge in [0.1, 0.15) is 4.21 Å². The molecule has 28 heavy (non-hydrogen) atoms. The number of hydrogen-bond acceptors (Lipinski definition) is 4. The number of amides is 2. The van der Waals surface area contributed by atoms with Crippen LogP contribution in [0.3, 0.4) is 0 Å². The Hall–Kier alpha value is -1.90. The molecular formula is C20H27N3O3S2. The molecule has 2 amide bonds. The molecule has 0 atom stereocenters. The number of piperidine rings is 1. The van der Waals surface area contributed by atoms with Crippen LogP contribution in [0.2, 0.25) is 0 Å². The number of carbonyl (C=O) groups excluding carboxylic acids is 1. The van der Waals surface area contributed by atoms with Gasteiger partial charge in [0.2, 0.25) is 0 Å². The van der Waals surface area contributed by atoms with Crippen LogP contribution in [0.5, 0.6) is 0 Å². The van der Waals surface area contributed by atoms with Gasteiger partial charge in [0.15, 0.2) is 0 Å². The second kappa shape index (κ2) is 9.07. The second-order valence-corrected chi connectivity index (χ2v) is 10.8. The van der Waals surface area contributed by atoms with Gasteiger partial charge in [0.25, 0.3) is 10.0 Å². The van der Waals surface area contributed by atoms with Crippen molar-refractivity contribution in [3.05, 3.63) is 52.9 Å². The molecule has 0 aliphatic carbocycles. The maximum Gasteiger partial charge on any atom is 0.317 e. The van der Waals surface area contributed by atoms with E-state index in [1.165, 1.54) is 35.3 Å². The van der Waals surface area contributed by atoms with Crippen molar-refractivity contribution in [1.29, 1.82) is 0 Å². The van der Waals surface area contributed by atoms with Crippen molar-refractivity contribution in [3.63, 3.8) is 0 Å². The summed E-state index contributed by atoms with van der Waals surface area (Å²) in [5.74, 6) is 0.613. The Labute approximate surface area is 171 Å². The molecule has 8 heteroatoms. The topological polar surface area (TPSA) is 69.7 Å². The van der Waals surface area contributed by atoms with Gasteiger partial charge in [-0.25, -0.2) is 17.5 Å². The van der Waals surface area contributed by atoms with Crippen molar-refractivity contribution in [3.8, 4) is 0 Å². The molecule has 152 valence electrons. The molecule has 3 rings (SSSR count). The zero-order valence-corrected chi connectivity index (χ0v) is 17.9. The molecule has 2 aromatic rings. The van der Waals surface area contributed by atoms with E-state index in [9.17, 15) is 13.2 Å². The SMILES string of the molecule is CN(C)S(=O)(=O)c1ccc(CNC(=O)N2CCC(Cc3ccccc3)CC2)s1. The summed E-state index contributed by atoms with van der Waals surface area (Å²) >= 11 is 1.20. The molecule has 0 unspecified atom stereocenters. The molecule has 2 heterocycles. The quantitative estimate of drug-likeness (QED) is 0.779. The van der Waals surface area contributed by atoms with Crippen LogP contribution in [0, 0.1) is 5.92 Å². The molecule has 1 fully saturated rings. The predicted molar refractivity (Wildman–Crippen MR) is 112 cm³/mol. The first-order valence-electron chi connectivity index (χ1n) is 9.44. The predicted octanol–water partition coefficient (Wildman–Crippen LogP) is 3.16. The Balaban J connectivity index is 1.46. The van der Waals surface area contributed by atoms with E-state index in [0.29, 0.717) is 16.7 Å². The second-order valence-electron chi connectivity index (χ2n) is 7.29. The fourth-order valence-corrected chi connectivity index (χ4v) is 5.80. The zero-order valence-electron chi connectivity index (χ0n) is 16.3. The summed E-state index contributed by atoms with van der Waals surface area (Å²) in [4.78, 5) is 15.1. The number of rotatable bonds is 6. The van der Waals surface area contributed by atoms with Crippen molar-refractivity contribution in [2.24, 2.45) is 5.92 Å². The summed E-state index contributed by atoms with van der Waals surface area (Å²) in [5, 5.41) is 2.92. The average molecular weight is 422 g/mol. The number of benzene rings is 1. The standard InChI is InChI=1S/C20H27N3O3S2/c1-22(2)28(25,26)19-9-8-18(27-19)15-21-20(24)23-12-10-17(11-13-23)14-16-6-4-3-5-7-16/h3-9,17H,10-15H2,1-2H3,(H,21,24). The number of hydrogen-bond donors (Lipinski definition) is 1. The van der Waals surface area contributed by atoms with Gasteiger partial charge in [-0.3, -0.25) is 0 Å². The Kier molecular flexibility index (Phi) is 6.74. The Morgan fingerprint density at radius 1 is 1.14 bits per heavy atom. The van der Waals surface area contributed by atoms with Gasteiger partial charge in [0.05, 0.1) is 6.54 Å². The number of nitrogens with one attached hydrogen (secondary N) is 1. The Morgan fingerprint density at radius 3 is 2.46 bits per heavy atom. The lowest BCUT2D eigenvalue weighted by molar-refractivity contribution is 0.170. The smallest absolute Gasteiger partial charge is 0.317 e. The first-order valence-corrected chi connectivity index (χ1v) is 11.7. The third-order valence-electron chi connectivity index (χ3n) is 5.05. The molecule has 0 bridgehead atoms. The van der Waals surface area contributed by atoms with Gasteiger partial charge >= 0.3 is 6.03 Å². The molecule has 1 aliphatic rings. The number of nitrogens with zero attached hydrogens (tertiary/aromatic N) is 2. The zero-order chi connectivity index (χ0) is 20.1. The lowest BCUT2D eigenvalue weighted by Crippen LogP contribution is -2.44. The van der Waals surface area contributed by atoms with Crippen molar-refractivity contribution in [1.82, 2.24) is 14.5 Å². The third-order valence-corrected chi connectivity index (χ3v) is 8.42. The minimum atomic E-state index is -3.42. The van der Waals surface area contributed by atoms with E-state index in [0.717, 1.165) is 37.2 Å². The van der Waals surface area contributed by atoms with Gasteiger partial charge in [-0.05, 0) is 42.9 Å².